The van der Waals surface area contributed by atoms with Crippen LogP contribution in [-0.4, -0.2) is 50.2 Å². The van der Waals surface area contributed by atoms with Crippen molar-refractivity contribution >= 4 is 17.3 Å². The summed E-state index contributed by atoms with van der Waals surface area (Å²) in [4.78, 5) is 24.3. The number of anilines is 1. The lowest BCUT2D eigenvalue weighted by Gasteiger charge is -2.33. The number of nitrogens with zero attached hydrogens (tertiary/aromatic N) is 2. The molecular weight excluding hydrogens is 276 g/mol. The third-order valence-electron chi connectivity index (χ3n) is 3.40. The van der Waals surface area contributed by atoms with Crippen LogP contribution in [0.2, 0.25) is 0 Å². The van der Waals surface area contributed by atoms with Crippen molar-refractivity contribution < 1.29 is 14.5 Å². The second-order valence-corrected chi connectivity index (χ2v) is 4.71. The van der Waals surface area contributed by atoms with E-state index < -0.39 is 4.92 Å². The highest BCUT2D eigenvalue weighted by molar-refractivity contribution is 5.95. The first-order valence-corrected chi connectivity index (χ1v) is 6.64. The summed E-state index contributed by atoms with van der Waals surface area (Å²) in [6.45, 7) is 1.88. The number of nitrogens with one attached hydrogen (secondary N) is 1. The lowest BCUT2D eigenvalue weighted by atomic mass is 10.1. The van der Waals surface area contributed by atoms with E-state index in [-0.39, 0.29) is 23.3 Å². The van der Waals surface area contributed by atoms with Gasteiger partial charge in [-0.05, 0) is 12.1 Å². The van der Waals surface area contributed by atoms with Gasteiger partial charge in [-0.2, -0.15) is 0 Å². The van der Waals surface area contributed by atoms with Gasteiger partial charge in [0.05, 0.1) is 17.6 Å². The third-order valence-corrected chi connectivity index (χ3v) is 3.40. The minimum absolute atomic E-state index is 0.0891. The molecule has 2 rings (SSSR count). The zero-order chi connectivity index (χ0) is 15.4. The molecule has 1 unspecified atom stereocenters. The second kappa shape index (κ2) is 6.51. The van der Waals surface area contributed by atoms with Gasteiger partial charge in [0.2, 0.25) is 0 Å². The average molecular weight is 294 g/mol. The number of hydrogen-bond donors (Lipinski definition) is 2. The molecule has 1 heterocycles. The van der Waals surface area contributed by atoms with E-state index >= 15 is 0 Å². The SMILES string of the molecule is CNC(=O)c1ccc(N2CCOC(CN)C2)c([N+](=O)[O-])c1. The summed E-state index contributed by atoms with van der Waals surface area (Å²) in [5.74, 6) is -0.355. The molecule has 8 heteroatoms. The van der Waals surface area contributed by atoms with Crippen molar-refractivity contribution in [2.75, 3.05) is 38.2 Å². The molecule has 1 atom stereocenters. The first kappa shape index (κ1) is 15.2. The van der Waals surface area contributed by atoms with Crippen LogP contribution in [0.3, 0.4) is 0 Å². The summed E-state index contributed by atoms with van der Waals surface area (Å²) in [5.41, 5.74) is 6.24. The maximum absolute atomic E-state index is 11.6. The number of benzene rings is 1. The molecular formula is C13H18N4O4. The molecule has 3 N–H and O–H groups in total. The Labute approximate surface area is 122 Å². The fourth-order valence-electron chi connectivity index (χ4n) is 2.30. The van der Waals surface area contributed by atoms with E-state index in [1.54, 1.807) is 12.1 Å². The van der Waals surface area contributed by atoms with Crippen LogP contribution in [0.15, 0.2) is 18.2 Å². The number of ether oxygens (including phenoxy) is 1. The predicted octanol–water partition coefficient (Wildman–Crippen LogP) is 0.118. The van der Waals surface area contributed by atoms with E-state index in [2.05, 4.69) is 5.32 Å². The van der Waals surface area contributed by atoms with Gasteiger partial charge in [-0.25, -0.2) is 0 Å². The smallest absolute Gasteiger partial charge is 0.293 e. The molecule has 0 aliphatic carbocycles. The second-order valence-electron chi connectivity index (χ2n) is 4.71. The van der Waals surface area contributed by atoms with Crippen LogP contribution in [-0.2, 0) is 4.74 Å². The number of nitro benzene ring substituents is 1. The molecule has 0 aromatic heterocycles. The molecule has 1 amide bonds. The molecule has 21 heavy (non-hydrogen) atoms. The number of nitro groups is 1. The van der Waals surface area contributed by atoms with Crippen LogP contribution in [0.25, 0.3) is 0 Å². The van der Waals surface area contributed by atoms with Crippen LogP contribution in [0.5, 0.6) is 0 Å². The lowest BCUT2D eigenvalue weighted by Crippen LogP contribution is -2.45. The topological polar surface area (TPSA) is 111 Å². The predicted molar refractivity (Wildman–Crippen MR) is 77.5 cm³/mol. The average Bonchev–Trinajstić information content (AvgIpc) is 2.53. The van der Waals surface area contributed by atoms with Gasteiger partial charge in [0.1, 0.15) is 5.69 Å². The molecule has 0 spiro atoms. The third kappa shape index (κ3) is 3.29. The van der Waals surface area contributed by atoms with Gasteiger partial charge in [0, 0.05) is 38.3 Å². The van der Waals surface area contributed by atoms with Crippen molar-refractivity contribution in [1.82, 2.24) is 5.32 Å². The summed E-state index contributed by atoms with van der Waals surface area (Å²) in [6, 6.07) is 4.47. The van der Waals surface area contributed by atoms with Gasteiger partial charge in [0.15, 0.2) is 0 Å². The highest BCUT2D eigenvalue weighted by Gasteiger charge is 2.26. The van der Waals surface area contributed by atoms with Gasteiger partial charge in [-0.1, -0.05) is 0 Å². The fourth-order valence-corrected chi connectivity index (χ4v) is 2.30. The Morgan fingerprint density at radius 3 is 3.00 bits per heavy atom. The standard InChI is InChI=1S/C13H18N4O4/c1-15-13(18)9-2-3-11(12(6-9)17(19)20)16-4-5-21-10(7-14)8-16/h2-3,6,10H,4-5,7-8,14H2,1H3,(H,15,18). The minimum atomic E-state index is -0.477. The summed E-state index contributed by atoms with van der Waals surface area (Å²) in [5, 5.41) is 13.7. The van der Waals surface area contributed by atoms with E-state index in [0.717, 1.165) is 0 Å². The van der Waals surface area contributed by atoms with Crippen LogP contribution in [0.4, 0.5) is 11.4 Å². The molecule has 1 aliphatic heterocycles. The lowest BCUT2D eigenvalue weighted by molar-refractivity contribution is -0.384. The van der Waals surface area contributed by atoms with E-state index in [1.807, 2.05) is 4.90 Å². The van der Waals surface area contributed by atoms with Gasteiger partial charge >= 0.3 is 0 Å². The zero-order valence-electron chi connectivity index (χ0n) is 11.7. The monoisotopic (exact) mass is 294 g/mol. The summed E-state index contributed by atoms with van der Waals surface area (Å²) in [7, 11) is 1.48. The fraction of sp³-hybridized carbons (Fsp3) is 0.462. The first-order chi connectivity index (χ1) is 10.1. The van der Waals surface area contributed by atoms with E-state index in [4.69, 9.17) is 10.5 Å². The van der Waals surface area contributed by atoms with Crippen LogP contribution in [0, 0.1) is 10.1 Å². The highest BCUT2D eigenvalue weighted by atomic mass is 16.6. The van der Waals surface area contributed by atoms with Crippen LogP contribution in [0.1, 0.15) is 10.4 Å². The quantitative estimate of drug-likeness (QED) is 0.602. The van der Waals surface area contributed by atoms with Crippen LogP contribution >= 0.6 is 0 Å². The summed E-state index contributed by atoms with van der Waals surface area (Å²) < 4.78 is 5.46. The number of carbonyl (C=O) groups excluding carboxylic acids is 1. The summed E-state index contributed by atoms with van der Waals surface area (Å²) in [6.07, 6.45) is -0.142. The number of hydrogen-bond acceptors (Lipinski definition) is 6. The van der Waals surface area contributed by atoms with E-state index in [1.165, 1.54) is 13.1 Å². The Kier molecular flexibility index (Phi) is 4.71. The number of carbonyl (C=O) groups is 1. The van der Waals surface area contributed by atoms with Gasteiger partial charge in [-0.15, -0.1) is 0 Å². The molecule has 0 saturated carbocycles. The molecule has 1 saturated heterocycles. The van der Waals surface area contributed by atoms with Gasteiger partial charge in [0.25, 0.3) is 11.6 Å². The number of morpholine rings is 1. The highest BCUT2D eigenvalue weighted by Crippen LogP contribution is 2.30. The maximum atomic E-state index is 11.6. The van der Waals surface area contributed by atoms with E-state index in [9.17, 15) is 14.9 Å². The number of amides is 1. The Morgan fingerprint density at radius 2 is 2.38 bits per heavy atom. The Bertz CT molecular complexity index is 549. The zero-order valence-corrected chi connectivity index (χ0v) is 11.7. The Balaban J connectivity index is 2.34. The van der Waals surface area contributed by atoms with Crippen molar-refractivity contribution in [3.8, 4) is 0 Å². The van der Waals surface area contributed by atoms with Crippen molar-refractivity contribution in [2.45, 2.75) is 6.10 Å². The molecule has 0 bridgehead atoms. The normalized spacial score (nSPS) is 18.4. The molecule has 1 aromatic rings. The first-order valence-electron chi connectivity index (χ1n) is 6.64. The van der Waals surface area contributed by atoms with Crippen molar-refractivity contribution in [2.24, 2.45) is 5.73 Å². The summed E-state index contributed by atoms with van der Waals surface area (Å²) >= 11 is 0. The van der Waals surface area contributed by atoms with Crippen molar-refractivity contribution in [3.63, 3.8) is 0 Å². The molecule has 114 valence electrons. The van der Waals surface area contributed by atoms with Crippen molar-refractivity contribution in [3.05, 3.63) is 33.9 Å². The molecule has 0 radical (unpaired) electrons. The molecule has 8 nitrogen and oxygen atoms in total. The molecule has 1 fully saturated rings. The number of nitrogens with two attached hydrogens (primary N) is 1. The van der Waals surface area contributed by atoms with Gasteiger partial charge < -0.3 is 20.7 Å². The molecule has 1 aromatic carbocycles. The maximum Gasteiger partial charge on any atom is 0.293 e. The minimum Gasteiger partial charge on any atom is -0.373 e. The van der Waals surface area contributed by atoms with Gasteiger partial charge in [-0.3, -0.25) is 14.9 Å². The van der Waals surface area contributed by atoms with E-state index in [0.29, 0.717) is 31.9 Å². The van der Waals surface area contributed by atoms with Crippen molar-refractivity contribution in [1.29, 1.82) is 0 Å². The van der Waals surface area contributed by atoms with Crippen LogP contribution < -0.4 is 16.0 Å². The molecule has 1 aliphatic rings. The Hall–Kier alpha value is -2.19. The Morgan fingerprint density at radius 1 is 1.62 bits per heavy atom. The number of rotatable bonds is 4. The largest absolute Gasteiger partial charge is 0.373 e.